The Kier molecular flexibility index (Phi) is 3.70. The summed E-state index contributed by atoms with van der Waals surface area (Å²) in [5.41, 5.74) is 2.42. The molecule has 1 aromatic rings. The lowest BCUT2D eigenvalue weighted by Crippen LogP contribution is -2.22. The highest BCUT2D eigenvalue weighted by Gasteiger charge is 2.14. The third kappa shape index (κ3) is 2.69. The second kappa shape index (κ2) is 5.24. The highest BCUT2D eigenvalue weighted by molar-refractivity contribution is 5.58. The van der Waals surface area contributed by atoms with Crippen molar-refractivity contribution in [1.82, 2.24) is 0 Å². The van der Waals surface area contributed by atoms with Gasteiger partial charge >= 0.3 is 0 Å². The zero-order chi connectivity index (χ0) is 11.4. The molecule has 16 heavy (non-hydrogen) atoms. The maximum absolute atomic E-state index is 5.38. The molecule has 0 aromatic heterocycles. The molecule has 1 aliphatic rings. The molecule has 1 saturated carbocycles. The van der Waals surface area contributed by atoms with E-state index in [0.717, 1.165) is 11.4 Å². The van der Waals surface area contributed by atoms with Crippen molar-refractivity contribution >= 4 is 5.69 Å². The molecule has 0 saturated heterocycles. The van der Waals surface area contributed by atoms with Crippen LogP contribution in [0.5, 0.6) is 5.75 Å². The molecule has 1 aliphatic carbocycles. The summed E-state index contributed by atoms with van der Waals surface area (Å²) in [6.45, 7) is 2.12. The number of ether oxygens (including phenoxy) is 1. The zero-order valence-electron chi connectivity index (χ0n) is 10.3. The van der Waals surface area contributed by atoms with Gasteiger partial charge in [0.15, 0.2) is 0 Å². The first-order valence-corrected chi connectivity index (χ1v) is 6.21. The summed E-state index contributed by atoms with van der Waals surface area (Å²) in [5.74, 6) is 0.955. The lowest BCUT2D eigenvalue weighted by Gasteiger charge is -2.25. The first-order chi connectivity index (χ1) is 7.79. The first-order valence-electron chi connectivity index (χ1n) is 6.21. The third-order valence-electron chi connectivity index (χ3n) is 3.32. The molecule has 2 rings (SSSR count). The Balaban J connectivity index is 2.09. The molecule has 2 heteroatoms. The van der Waals surface area contributed by atoms with Gasteiger partial charge in [0.25, 0.3) is 0 Å². The van der Waals surface area contributed by atoms with E-state index in [4.69, 9.17) is 4.74 Å². The zero-order valence-corrected chi connectivity index (χ0v) is 10.3. The van der Waals surface area contributed by atoms with Crippen LogP contribution in [0.3, 0.4) is 0 Å². The van der Waals surface area contributed by atoms with Gasteiger partial charge in [0.1, 0.15) is 5.75 Å². The van der Waals surface area contributed by atoms with Gasteiger partial charge in [-0.1, -0.05) is 25.3 Å². The Hall–Kier alpha value is -1.18. The number of aryl methyl sites for hydroxylation is 1. The minimum absolute atomic E-state index is 0.629. The monoisotopic (exact) mass is 219 g/mol. The Labute approximate surface area is 98.0 Å². The van der Waals surface area contributed by atoms with Crippen molar-refractivity contribution in [3.63, 3.8) is 0 Å². The summed E-state index contributed by atoms with van der Waals surface area (Å²) in [7, 11) is 1.73. The molecule has 2 nitrogen and oxygen atoms in total. The molecule has 0 radical (unpaired) electrons. The smallest absolute Gasteiger partial charge is 0.141 e. The van der Waals surface area contributed by atoms with Crippen LogP contribution in [0.4, 0.5) is 5.69 Å². The lowest BCUT2D eigenvalue weighted by molar-refractivity contribution is 0.413. The van der Waals surface area contributed by atoms with E-state index in [2.05, 4.69) is 24.4 Å². The fraction of sp³-hybridized carbons (Fsp3) is 0.571. The van der Waals surface area contributed by atoms with Crippen LogP contribution in [0.1, 0.15) is 37.7 Å². The van der Waals surface area contributed by atoms with E-state index in [1.807, 2.05) is 6.07 Å². The van der Waals surface area contributed by atoms with Crippen molar-refractivity contribution < 1.29 is 4.74 Å². The predicted octanol–water partition coefficient (Wildman–Crippen LogP) is 3.75. The highest BCUT2D eigenvalue weighted by atomic mass is 16.5. The molecule has 0 aliphatic heterocycles. The van der Waals surface area contributed by atoms with Crippen LogP contribution in [-0.2, 0) is 0 Å². The van der Waals surface area contributed by atoms with Crippen LogP contribution in [0.15, 0.2) is 18.2 Å². The average Bonchev–Trinajstić information content (AvgIpc) is 2.31. The van der Waals surface area contributed by atoms with Crippen molar-refractivity contribution in [2.24, 2.45) is 0 Å². The number of benzene rings is 1. The van der Waals surface area contributed by atoms with Gasteiger partial charge in [-0.25, -0.2) is 0 Å². The van der Waals surface area contributed by atoms with Crippen LogP contribution < -0.4 is 10.1 Å². The van der Waals surface area contributed by atoms with E-state index in [-0.39, 0.29) is 0 Å². The normalized spacial score (nSPS) is 17.1. The number of nitrogens with one attached hydrogen (secondary N) is 1. The average molecular weight is 219 g/mol. The Morgan fingerprint density at radius 3 is 2.62 bits per heavy atom. The Bertz CT molecular complexity index is 343. The SMILES string of the molecule is COc1ccc(C)cc1NC1CCCCC1. The van der Waals surface area contributed by atoms with Crippen LogP contribution in [0.2, 0.25) is 0 Å². The van der Waals surface area contributed by atoms with E-state index in [9.17, 15) is 0 Å². The van der Waals surface area contributed by atoms with Crippen LogP contribution in [-0.4, -0.2) is 13.2 Å². The molecule has 0 amide bonds. The summed E-state index contributed by atoms with van der Waals surface area (Å²) in [6, 6.07) is 6.93. The molecular weight excluding hydrogens is 198 g/mol. The van der Waals surface area contributed by atoms with Crippen LogP contribution in [0, 0.1) is 6.92 Å². The lowest BCUT2D eigenvalue weighted by atomic mass is 9.95. The quantitative estimate of drug-likeness (QED) is 0.836. The number of hydrogen-bond acceptors (Lipinski definition) is 2. The van der Waals surface area contributed by atoms with Gasteiger partial charge in [-0.05, 0) is 37.5 Å². The van der Waals surface area contributed by atoms with E-state index in [1.165, 1.54) is 37.7 Å². The van der Waals surface area contributed by atoms with Crippen LogP contribution in [0.25, 0.3) is 0 Å². The summed E-state index contributed by atoms with van der Waals surface area (Å²) in [5, 5.41) is 3.62. The van der Waals surface area contributed by atoms with Crippen molar-refractivity contribution in [1.29, 1.82) is 0 Å². The molecule has 0 bridgehead atoms. The topological polar surface area (TPSA) is 21.3 Å². The summed E-state index contributed by atoms with van der Waals surface area (Å²) in [4.78, 5) is 0. The van der Waals surface area contributed by atoms with Gasteiger partial charge in [-0.3, -0.25) is 0 Å². The van der Waals surface area contributed by atoms with E-state index < -0.39 is 0 Å². The van der Waals surface area contributed by atoms with Gasteiger partial charge in [0.2, 0.25) is 0 Å². The van der Waals surface area contributed by atoms with Crippen molar-refractivity contribution in [2.45, 2.75) is 45.1 Å². The molecule has 0 atom stereocenters. The second-order valence-electron chi connectivity index (χ2n) is 4.68. The molecule has 1 aromatic carbocycles. The molecule has 1 N–H and O–H groups in total. The molecule has 0 unspecified atom stereocenters. The minimum atomic E-state index is 0.629. The van der Waals surface area contributed by atoms with Crippen molar-refractivity contribution in [3.8, 4) is 5.75 Å². The first kappa shape index (κ1) is 11.3. The maximum atomic E-state index is 5.38. The number of hydrogen-bond donors (Lipinski definition) is 1. The van der Waals surface area contributed by atoms with Crippen molar-refractivity contribution in [3.05, 3.63) is 23.8 Å². The number of rotatable bonds is 3. The standard InChI is InChI=1S/C14H21NO/c1-11-8-9-14(16-2)13(10-11)15-12-6-4-3-5-7-12/h8-10,12,15H,3-7H2,1-2H3. The largest absolute Gasteiger partial charge is 0.495 e. The van der Waals surface area contributed by atoms with Crippen LogP contribution >= 0.6 is 0 Å². The summed E-state index contributed by atoms with van der Waals surface area (Å²) < 4.78 is 5.38. The molecule has 0 spiro atoms. The van der Waals surface area contributed by atoms with Gasteiger partial charge in [-0.15, -0.1) is 0 Å². The fourth-order valence-electron chi connectivity index (χ4n) is 2.40. The second-order valence-corrected chi connectivity index (χ2v) is 4.68. The highest BCUT2D eigenvalue weighted by Crippen LogP contribution is 2.29. The Morgan fingerprint density at radius 2 is 1.94 bits per heavy atom. The van der Waals surface area contributed by atoms with E-state index in [0.29, 0.717) is 6.04 Å². The molecule has 1 fully saturated rings. The third-order valence-corrected chi connectivity index (χ3v) is 3.32. The van der Waals surface area contributed by atoms with E-state index in [1.54, 1.807) is 7.11 Å². The fourth-order valence-corrected chi connectivity index (χ4v) is 2.40. The van der Waals surface area contributed by atoms with Gasteiger partial charge in [0, 0.05) is 6.04 Å². The molecular formula is C14H21NO. The Morgan fingerprint density at radius 1 is 1.19 bits per heavy atom. The minimum Gasteiger partial charge on any atom is -0.495 e. The maximum Gasteiger partial charge on any atom is 0.141 e. The molecule has 88 valence electrons. The van der Waals surface area contributed by atoms with Gasteiger partial charge < -0.3 is 10.1 Å². The number of methoxy groups -OCH3 is 1. The van der Waals surface area contributed by atoms with Crippen molar-refractivity contribution in [2.75, 3.05) is 12.4 Å². The van der Waals surface area contributed by atoms with E-state index >= 15 is 0 Å². The van der Waals surface area contributed by atoms with Gasteiger partial charge in [-0.2, -0.15) is 0 Å². The predicted molar refractivity (Wildman–Crippen MR) is 68.2 cm³/mol. The summed E-state index contributed by atoms with van der Waals surface area (Å²) >= 11 is 0. The van der Waals surface area contributed by atoms with Gasteiger partial charge in [0.05, 0.1) is 12.8 Å². The number of anilines is 1. The summed E-state index contributed by atoms with van der Waals surface area (Å²) in [6.07, 6.45) is 6.68. The molecule has 0 heterocycles.